The van der Waals surface area contributed by atoms with Crippen LogP contribution in [0.5, 0.6) is 0 Å². The van der Waals surface area contributed by atoms with E-state index in [-0.39, 0.29) is 30.6 Å². The van der Waals surface area contributed by atoms with Gasteiger partial charge in [-0.05, 0) is 12.8 Å². The van der Waals surface area contributed by atoms with Gasteiger partial charge in [0.1, 0.15) is 0 Å². The van der Waals surface area contributed by atoms with Crippen LogP contribution in [-0.2, 0) is 23.7 Å². The van der Waals surface area contributed by atoms with Crippen molar-refractivity contribution in [2.24, 2.45) is 0 Å². The second-order valence-electron chi connectivity index (χ2n) is 7.39. The molecule has 2 aliphatic heterocycles. The molecule has 11 heteroatoms. The van der Waals surface area contributed by atoms with Crippen LogP contribution in [0.2, 0.25) is 0 Å². The zero-order chi connectivity index (χ0) is 22.2. The Morgan fingerprint density at radius 1 is 0.968 bits per heavy atom. The van der Waals surface area contributed by atoms with Crippen LogP contribution in [0.15, 0.2) is 0 Å². The molecule has 0 saturated carbocycles. The van der Waals surface area contributed by atoms with Gasteiger partial charge >= 0.3 is 6.03 Å². The van der Waals surface area contributed by atoms with Crippen LogP contribution in [0.4, 0.5) is 4.79 Å². The lowest BCUT2D eigenvalue weighted by Crippen LogP contribution is -2.36. The molecule has 0 bridgehead atoms. The van der Waals surface area contributed by atoms with Gasteiger partial charge in [0, 0.05) is 24.0 Å². The quantitative estimate of drug-likeness (QED) is 0.154. The molecule has 0 radical (unpaired) electrons. The summed E-state index contributed by atoms with van der Waals surface area (Å²) in [6.45, 7) is 4.19. The van der Waals surface area contributed by atoms with Crippen molar-refractivity contribution in [1.82, 2.24) is 16.0 Å². The zero-order valence-electron chi connectivity index (χ0n) is 18.1. The average molecular weight is 464 g/mol. The molecule has 4 N–H and O–H groups in total. The Hall–Kier alpha value is -1.11. The number of thioether (sulfide) groups is 1. The van der Waals surface area contributed by atoms with Crippen molar-refractivity contribution >= 4 is 23.7 Å². The maximum atomic E-state index is 11.9. The highest BCUT2D eigenvalue weighted by atomic mass is 32.2. The van der Waals surface area contributed by atoms with Gasteiger partial charge in [0.25, 0.3) is 0 Å². The van der Waals surface area contributed by atoms with Crippen molar-refractivity contribution in [3.8, 4) is 0 Å². The minimum absolute atomic E-state index is 0.0221. The highest BCUT2D eigenvalue weighted by molar-refractivity contribution is 8.00. The summed E-state index contributed by atoms with van der Waals surface area (Å²) in [6.07, 6.45) is 3.38. The lowest BCUT2D eigenvalue weighted by Gasteiger charge is -2.16. The predicted molar refractivity (Wildman–Crippen MR) is 117 cm³/mol. The minimum Gasteiger partial charge on any atom is -0.394 e. The molecule has 0 spiro atoms. The molecule has 3 atom stereocenters. The summed E-state index contributed by atoms with van der Waals surface area (Å²) in [5, 5.41) is 17.8. The maximum absolute atomic E-state index is 11.9. The van der Waals surface area contributed by atoms with Crippen molar-refractivity contribution in [1.29, 1.82) is 0 Å². The number of unbranched alkanes of at least 4 members (excludes halogenated alkanes) is 1. The number of carbonyl (C=O) groups is 2. The molecule has 0 aromatic rings. The average Bonchev–Trinajstić information content (AvgIpc) is 3.30. The van der Waals surface area contributed by atoms with Crippen molar-refractivity contribution in [3.05, 3.63) is 0 Å². The molecule has 180 valence electrons. The second-order valence-corrected chi connectivity index (χ2v) is 8.66. The number of nitrogens with one attached hydrogen (secondary N) is 3. The molecule has 10 nitrogen and oxygen atoms in total. The molecule has 2 heterocycles. The van der Waals surface area contributed by atoms with E-state index in [4.69, 9.17) is 24.1 Å². The predicted octanol–water partition coefficient (Wildman–Crippen LogP) is -0.113. The van der Waals surface area contributed by atoms with E-state index < -0.39 is 0 Å². The van der Waals surface area contributed by atoms with Crippen LogP contribution in [0.1, 0.15) is 25.7 Å². The normalized spacial score (nSPS) is 22.2. The van der Waals surface area contributed by atoms with Crippen LogP contribution >= 0.6 is 11.8 Å². The number of urea groups is 1. The van der Waals surface area contributed by atoms with Crippen molar-refractivity contribution in [3.63, 3.8) is 0 Å². The summed E-state index contributed by atoms with van der Waals surface area (Å²) >= 11 is 1.90. The lowest BCUT2D eigenvalue weighted by molar-refractivity contribution is -0.121. The van der Waals surface area contributed by atoms with Gasteiger partial charge in [-0.2, -0.15) is 11.8 Å². The van der Waals surface area contributed by atoms with Gasteiger partial charge in [-0.1, -0.05) is 6.42 Å². The molecule has 2 saturated heterocycles. The van der Waals surface area contributed by atoms with Gasteiger partial charge in [0.2, 0.25) is 5.91 Å². The summed E-state index contributed by atoms with van der Waals surface area (Å²) in [5.41, 5.74) is 0. The van der Waals surface area contributed by atoms with Crippen molar-refractivity contribution in [2.75, 3.05) is 71.8 Å². The molecule has 0 aromatic heterocycles. The Morgan fingerprint density at radius 3 is 2.29 bits per heavy atom. The Labute approximate surface area is 188 Å². The Balaban J connectivity index is 1.30. The molecule has 3 amide bonds. The number of hydrogen-bond donors (Lipinski definition) is 4. The van der Waals surface area contributed by atoms with Gasteiger partial charge < -0.3 is 40.0 Å². The van der Waals surface area contributed by atoms with Crippen molar-refractivity contribution in [2.45, 2.75) is 43.0 Å². The Morgan fingerprint density at radius 2 is 1.61 bits per heavy atom. The van der Waals surface area contributed by atoms with Crippen LogP contribution in [0.25, 0.3) is 0 Å². The number of amides is 3. The number of rotatable bonds is 19. The highest BCUT2D eigenvalue weighted by Crippen LogP contribution is 2.33. The third-order valence-corrected chi connectivity index (χ3v) is 6.51. The fraction of sp³-hybridized carbons (Fsp3) is 0.900. The van der Waals surface area contributed by atoms with E-state index >= 15 is 0 Å². The van der Waals surface area contributed by atoms with Crippen LogP contribution in [0.3, 0.4) is 0 Å². The molecular formula is C20H37N3O7S. The number of aliphatic hydroxyl groups excluding tert-OH is 1. The molecule has 0 unspecified atom stereocenters. The van der Waals surface area contributed by atoms with Gasteiger partial charge in [-0.15, -0.1) is 0 Å². The standard InChI is InChI=1S/C20H37N3O7S/c24-6-8-28-10-12-30-14-13-29-11-9-27-7-5-21-18(25)4-2-1-3-17-19-16(15-31-17)22-20(26)23-19/h16-17,19,24H,1-15H2,(H,21,25)(H2,22,23,26)/t16-,17-,19-/m0/s1. The third kappa shape index (κ3) is 11.4. The Bertz CT molecular complexity index is 515. The molecule has 0 aromatic carbocycles. The first kappa shape index (κ1) is 26.1. The minimum atomic E-state index is -0.0562. The number of ether oxygens (including phenoxy) is 4. The molecule has 2 rings (SSSR count). The summed E-state index contributed by atoms with van der Waals surface area (Å²) in [4.78, 5) is 23.3. The summed E-state index contributed by atoms with van der Waals surface area (Å²) in [5.74, 6) is 1.02. The first-order valence-electron chi connectivity index (χ1n) is 11.1. The largest absolute Gasteiger partial charge is 0.394 e. The van der Waals surface area contributed by atoms with Crippen molar-refractivity contribution < 1.29 is 33.6 Å². The van der Waals surface area contributed by atoms with E-state index in [0.717, 1.165) is 25.0 Å². The third-order valence-electron chi connectivity index (χ3n) is 5.00. The molecule has 31 heavy (non-hydrogen) atoms. The van der Waals surface area contributed by atoms with Crippen LogP contribution in [-0.4, -0.2) is 106 Å². The smallest absolute Gasteiger partial charge is 0.315 e. The van der Waals surface area contributed by atoms with Gasteiger partial charge in [0.05, 0.1) is 71.5 Å². The maximum Gasteiger partial charge on any atom is 0.315 e. The highest BCUT2D eigenvalue weighted by Gasteiger charge is 2.42. The summed E-state index contributed by atoms with van der Waals surface area (Å²) < 4.78 is 21.2. The molecule has 2 fully saturated rings. The second kappa shape index (κ2) is 16.5. The van der Waals surface area contributed by atoms with Gasteiger partial charge in [0.15, 0.2) is 0 Å². The topological polar surface area (TPSA) is 127 Å². The van der Waals surface area contributed by atoms with E-state index in [1.807, 2.05) is 11.8 Å². The molecular weight excluding hydrogens is 426 g/mol. The number of carbonyl (C=O) groups excluding carboxylic acids is 2. The monoisotopic (exact) mass is 463 g/mol. The van der Waals surface area contributed by atoms with E-state index in [1.165, 1.54) is 0 Å². The lowest BCUT2D eigenvalue weighted by atomic mass is 10.0. The van der Waals surface area contributed by atoms with Crippen LogP contribution in [0, 0.1) is 0 Å². The molecule has 2 aliphatic rings. The summed E-state index contributed by atoms with van der Waals surface area (Å²) in [6, 6.07) is 0.434. The fourth-order valence-corrected chi connectivity index (χ4v) is 5.00. The Kier molecular flexibility index (Phi) is 13.9. The van der Waals surface area contributed by atoms with Gasteiger partial charge in [-0.3, -0.25) is 4.79 Å². The summed E-state index contributed by atoms with van der Waals surface area (Å²) in [7, 11) is 0. The number of hydrogen-bond acceptors (Lipinski definition) is 8. The van der Waals surface area contributed by atoms with E-state index in [2.05, 4.69) is 16.0 Å². The van der Waals surface area contributed by atoms with E-state index in [9.17, 15) is 9.59 Å². The fourth-order valence-electron chi connectivity index (χ4n) is 3.45. The SMILES string of the molecule is O=C(CCCC[C@@H]1SC[C@@H]2NC(=O)N[C@@H]21)NCCOCCOCCOCCOCCO. The first-order chi connectivity index (χ1) is 15.2. The zero-order valence-corrected chi connectivity index (χ0v) is 19.0. The molecule has 0 aliphatic carbocycles. The van der Waals surface area contributed by atoms with Crippen LogP contribution < -0.4 is 16.0 Å². The van der Waals surface area contributed by atoms with E-state index in [1.54, 1.807) is 0 Å². The number of fused-ring (bicyclic) bond motifs is 1. The number of aliphatic hydroxyl groups is 1. The first-order valence-corrected chi connectivity index (χ1v) is 12.1. The van der Waals surface area contributed by atoms with Gasteiger partial charge in [-0.25, -0.2) is 4.79 Å². The van der Waals surface area contributed by atoms with E-state index in [0.29, 0.717) is 71.1 Å².